The number of hydrogen-bond donors (Lipinski definition) is 2. The quantitative estimate of drug-likeness (QED) is 0.123. The van der Waals surface area contributed by atoms with Gasteiger partial charge >= 0.3 is 0 Å². The highest BCUT2D eigenvalue weighted by Crippen LogP contribution is 2.73. The molecule has 2 nitrogen and oxygen atoms in total. The van der Waals surface area contributed by atoms with Crippen molar-refractivity contribution in [3.63, 3.8) is 0 Å². The summed E-state index contributed by atoms with van der Waals surface area (Å²) in [6.07, 6.45) is 9.91. The van der Waals surface area contributed by atoms with Crippen LogP contribution in [0.1, 0.15) is 237 Å². The molecule has 5 heteroatoms. The monoisotopic (exact) mass is 929 g/mol. The topological polar surface area (TPSA) is 38.0 Å². The first-order valence-corrected chi connectivity index (χ1v) is 28.5. The lowest BCUT2D eigenvalue weighted by atomic mass is 9.86. The molecule has 0 aliphatic carbocycles. The molecule has 0 bridgehead atoms. The Morgan fingerprint density at radius 1 is 0.469 bits per heavy atom. The summed E-state index contributed by atoms with van der Waals surface area (Å²) in [5.74, 6) is 0. The Hall–Kier alpha value is -2.05. The Labute approximate surface area is 403 Å². The maximum absolute atomic E-state index is 7.04. The van der Waals surface area contributed by atoms with Crippen molar-refractivity contribution in [2.45, 2.75) is 214 Å². The third-order valence-corrected chi connectivity index (χ3v) is 19.5. The van der Waals surface area contributed by atoms with Crippen LogP contribution in [-0.2, 0) is 21.7 Å². The maximum Gasteiger partial charge on any atom is 0.0186 e. The Bertz CT molecular complexity index is 1720. The van der Waals surface area contributed by atoms with Crippen molar-refractivity contribution in [2.24, 2.45) is 5.73 Å². The van der Waals surface area contributed by atoms with Crippen molar-refractivity contribution in [3.05, 3.63) is 142 Å². The van der Waals surface area contributed by atoms with E-state index in [1.165, 1.54) is 95.9 Å². The van der Waals surface area contributed by atoms with Crippen molar-refractivity contribution in [2.75, 3.05) is 13.1 Å². The number of halogens is 1. The van der Waals surface area contributed by atoms with Gasteiger partial charge in [0, 0.05) is 29.9 Å². The molecule has 4 atom stereocenters. The van der Waals surface area contributed by atoms with Crippen molar-refractivity contribution in [3.8, 4) is 0 Å². The molecule has 358 valence electrons. The lowest BCUT2D eigenvalue weighted by Gasteiger charge is -2.28. The van der Waals surface area contributed by atoms with Gasteiger partial charge in [-0.25, -0.2) is 0 Å². The van der Waals surface area contributed by atoms with E-state index in [1.807, 2.05) is 13.8 Å². The predicted molar refractivity (Wildman–Crippen MR) is 295 cm³/mol. The van der Waals surface area contributed by atoms with Gasteiger partial charge in [0.1, 0.15) is 0 Å². The molecule has 2 saturated heterocycles. The number of rotatable bonds is 10. The average molecular weight is 930 g/mol. The molecule has 2 heterocycles. The molecule has 0 saturated carbocycles. The first-order valence-electron chi connectivity index (χ1n) is 24.7. The number of nitrogens with one attached hydrogen (secondary N) is 1. The van der Waals surface area contributed by atoms with Crippen LogP contribution in [0.3, 0.4) is 0 Å². The summed E-state index contributed by atoms with van der Waals surface area (Å²) in [4.78, 5) is 0. The lowest BCUT2D eigenvalue weighted by Crippen LogP contribution is -2.14. The minimum absolute atomic E-state index is 0. The highest BCUT2D eigenvalue weighted by atomic mass is 35.7. The van der Waals surface area contributed by atoms with Crippen LogP contribution in [0.25, 0.3) is 0 Å². The number of hydrogen-bond acceptors (Lipinski definition) is 2. The zero-order valence-corrected chi connectivity index (χ0v) is 45.5. The van der Waals surface area contributed by atoms with E-state index in [4.69, 9.17) is 17.0 Å². The van der Waals surface area contributed by atoms with Gasteiger partial charge in [-0.3, -0.25) is 5.09 Å². The molecule has 0 radical (unpaired) electrons. The molecule has 0 aromatic heterocycles. The third-order valence-electron chi connectivity index (χ3n) is 12.7. The fourth-order valence-electron chi connectivity index (χ4n) is 8.49. The van der Waals surface area contributed by atoms with Gasteiger partial charge in [0.05, 0.1) is 0 Å². The van der Waals surface area contributed by atoms with E-state index in [9.17, 15) is 0 Å². The predicted octanol–water partition coefficient (Wildman–Crippen LogP) is 19.5. The molecule has 6 rings (SSSR count). The minimum atomic E-state index is -0.548. The average Bonchev–Trinajstić information content (AvgIpc) is 3.85. The molecule has 4 aromatic rings. The summed E-state index contributed by atoms with van der Waals surface area (Å²) in [5.41, 5.74) is 19.9. The van der Waals surface area contributed by atoms with Crippen molar-refractivity contribution in [1.82, 2.24) is 5.09 Å². The van der Waals surface area contributed by atoms with Gasteiger partial charge < -0.3 is 5.73 Å². The van der Waals surface area contributed by atoms with Crippen LogP contribution in [0, 0.1) is 0 Å². The second-order valence-electron chi connectivity index (χ2n) is 21.9. The SMILES string of the molecule is C.CC.CC(C)(C)c1ccc([C@@H]2CC[C@@H](c3ccc(C(C)(C)C)cc3)P2Cl)cc1.CCCCN.CCCCNP1[C@H](c2ccc(C(C)(C)C)cc2)CC[C@H]1c1ccc(C(C)(C)C)cc1. The van der Waals surface area contributed by atoms with Gasteiger partial charge in [-0.15, -0.1) is 0 Å². The van der Waals surface area contributed by atoms with Crippen LogP contribution in [-0.4, -0.2) is 13.1 Å². The normalized spacial score (nSPS) is 19.3. The Kier molecular flexibility index (Phi) is 24.0. The Morgan fingerprint density at radius 3 is 0.938 bits per heavy atom. The number of benzene rings is 4. The van der Waals surface area contributed by atoms with E-state index in [0.717, 1.165) is 13.1 Å². The molecule has 64 heavy (non-hydrogen) atoms. The summed E-state index contributed by atoms with van der Waals surface area (Å²) in [6, 6.07) is 37.5. The van der Waals surface area contributed by atoms with Crippen LogP contribution in [0.2, 0.25) is 0 Å². The van der Waals surface area contributed by atoms with Crippen LogP contribution < -0.4 is 10.8 Å². The molecule has 0 unspecified atom stereocenters. The molecule has 3 N–H and O–H groups in total. The van der Waals surface area contributed by atoms with Crippen LogP contribution in [0.4, 0.5) is 0 Å². The largest absolute Gasteiger partial charge is 0.330 e. The molecular formula is C59H95ClN2P2. The minimum Gasteiger partial charge on any atom is -0.330 e. The highest BCUT2D eigenvalue weighted by molar-refractivity contribution is 7.84. The first kappa shape index (κ1) is 58.1. The summed E-state index contributed by atoms with van der Waals surface area (Å²) >= 11 is 7.04. The van der Waals surface area contributed by atoms with Gasteiger partial charge in [-0.05, 0) is 126 Å². The van der Waals surface area contributed by atoms with Gasteiger partial charge in [-0.2, -0.15) is 0 Å². The summed E-state index contributed by atoms with van der Waals surface area (Å²) in [7, 11) is -0.809. The van der Waals surface area contributed by atoms with Crippen LogP contribution in [0.15, 0.2) is 97.1 Å². The zero-order chi connectivity index (χ0) is 47.2. The number of nitrogens with two attached hydrogens (primary N) is 1. The van der Waals surface area contributed by atoms with Gasteiger partial charge in [-0.1, -0.05) is 239 Å². The van der Waals surface area contributed by atoms with E-state index in [-0.39, 0.29) is 37.2 Å². The highest BCUT2D eigenvalue weighted by Gasteiger charge is 2.38. The fourth-order valence-corrected chi connectivity index (χ4v) is 15.0. The van der Waals surface area contributed by atoms with E-state index in [0.29, 0.717) is 22.6 Å². The van der Waals surface area contributed by atoms with E-state index < -0.39 is 7.27 Å². The van der Waals surface area contributed by atoms with E-state index in [1.54, 1.807) is 0 Å². The second kappa shape index (κ2) is 26.5. The maximum atomic E-state index is 7.04. The molecule has 0 amide bonds. The number of unbranched alkanes of at least 4 members (excludes halogenated alkanes) is 2. The van der Waals surface area contributed by atoms with Crippen molar-refractivity contribution < 1.29 is 0 Å². The first-order chi connectivity index (χ1) is 29.6. The van der Waals surface area contributed by atoms with Crippen molar-refractivity contribution in [1.29, 1.82) is 0 Å². The van der Waals surface area contributed by atoms with Crippen molar-refractivity contribution >= 4 is 26.6 Å². The van der Waals surface area contributed by atoms with E-state index in [2.05, 4.69) is 199 Å². The third kappa shape index (κ3) is 16.9. The molecule has 2 fully saturated rings. The fraction of sp³-hybridized carbons (Fsp3) is 0.593. The van der Waals surface area contributed by atoms with Crippen LogP contribution >= 0.6 is 26.6 Å². The van der Waals surface area contributed by atoms with Gasteiger partial charge in [0.15, 0.2) is 0 Å². The summed E-state index contributed by atoms with van der Waals surface area (Å²) in [6.45, 7) is 37.8. The van der Waals surface area contributed by atoms with Gasteiger partial charge in [0.2, 0.25) is 0 Å². The second-order valence-corrected chi connectivity index (χ2v) is 27.3. The van der Waals surface area contributed by atoms with E-state index >= 15 is 0 Å². The Morgan fingerprint density at radius 2 is 0.719 bits per heavy atom. The molecule has 2 aliphatic rings. The molecular weight excluding hydrogens is 834 g/mol. The summed E-state index contributed by atoms with van der Waals surface area (Å²) < 4.78 is 0. The molecule has 4 aromatic carbocycles. The lowest BCUT2D eigenvalue weighted by molar-refractivity contribution is 0.589. The molecule has 0 spiro atoms. The zero-order valence-electron chi connectivity index (χ0n) is 43.0. The smallest absolute Gasteiger partial charge is 0.0186 e. The Balaban J connectivity index is 0.000000382. The molecule has 2 aliphatic heterocycles. The standard InChI is InChI=1S/C28H42NP.C24H32ClP.C4H11N.C2H6.CH4/c1-8-9-20-29-30-25(21-10-14-23(15-11-21)27(2,3)4)18-19-26(30)22-12-16-24(17-13-22)28(5,6)7;1-23(2,3)19-11-7-17(8-12-19)21-15-16-22(26(21)25)18-9-13-20(14-10-18)24(4,5)6;1-2-3-4-5;1-2;/h10-17,25-26,29H,8-9,18-20H2,1-7H3;7-14,21-22H,15-16H2,1-6H3;2-5H2,1H3;1-2H3;1H4/t25-,26-;21-,22-;;;/m00.../s1. The summed E-state index contributed by atoms with van der Waals surface area (Å²) in [5, 5.41) is 4.03. The van der Waals surface area contributed by atoms with Crippen LogP contribution in [0.5, 0.6) is 0 Å². The van der Waals surface area contributed by atoms with Gasteiger partial charge in [0.25, 0.3) is 0 Å².